The summed E-state index contributed by atoms with van der Waals surface area (Å²) in [5, 5.41) is 7.03. The highest BCUT2D eigenvalue weighted by atomic mass is 15.1. The number of nitrogens with one attached hydrogen (secondary N) is 1. The molecule has 18 heavy (non-hydrogen) atoms. The molecule has 0 radical (unpaired) electrons. The number of hydrogen-bond acceptors (Lipinski definition) is 2. The van der Waals surface area contributed by atoms with Crippen molar-refractivity contribution >= 4 is 0 Å². The molecule has 0 spiro atoms. The highest BCUT2D eigenvalue weighted by Crippen LogP contribution is 2.19. The minimum Gasteiger partial charge on any atom is -0.299 e. The van der Waals surface area contributed by atoms with E-state index in [0.29, 0.717) is 0 Å². The van der Waals surface area contributed by atoms with Gasteiger partial charge >= 0.3 is 0 Å². The number of hydrogen-bond donors (Lipinski definition) is 1. The number of likely N-dealkylation sites (tertiary alicyclic amines) is 1. The number of aromatic amines is 1. The fraction of sp³-hybridized carbons (Fsp3) is 0.400. The first kappa shape index (κ1) is 11.5. The fourth-order valence-electron chi connectivity index (χ4n) is 2.63. The summed E-state index contributed by atoms with van der Waals surface area (Å²) in [6, 6.07) is 10.8. The summed E-state index contributed by atoms with van der Waals surface area (Å²) >= 11 is 0. The second-order valence-corrected chi connectivity index (χ2v) is 5.01. The molecule has 0 atom stereocenters. The van der Waals surface area contributed by atoms with Gasteiger partial charge in [-0.2, -0.15) is 5.10 Å². The Morgan fingerprint density at radius 2 is 2.00 bits per heavy atom. The van der Waals surface area contributed by atoms with Gasteiger partial charge in [0.25, 0.3) is 0 Å². The molecule has 0 bridgehead atoms. The summed E-state index contributed by atoms with van der Waals surface area (Å²) in [6.07, 6.45) is 5.89. The molecule has 1 aromatic carbocycles. The van der Waals surface area contributed by atoms with Crippen molar-refractivity contribution in [2.45, 2.75) is 25.8 Å². The molecule has 0 saturated carbocycles. The van der Waals surface area contributed by atoms with E-state index in [9.17, 15) is 0 Å². The van der Waals surface area contributed by atoms with Crippen molar-refractivity contribution in [3.63, 3.8) is 0 Å². The Hall–Kier alpha value is -1.61. The lowest BCUT2D eigenvalue weighted by molar-refractivity contribution is 0.221. The molecule has 94 valence electrons. The lowest BCUT2D eigenvalue weighted by Gasteiger charge is -2.26. The smallest absolute Gasteiger partial charge is 0.0650 e. The summed E-state index contributed by atoms with van der Waals surface area (Å²) in [6.45, 7) is 3.56. The Balaban J connectivity index is 1.74. The van der Waals surface area contributed by atoms with Crippen LogP contribution in [0.3, 0.4) is 0 Å². The van der Waals surface area contributed by atoms with Crippen molar-refractivity contribution < 1.29 is 0 Å². The van der Waals surface area contributed by atoms with Crippen LogP contribution in [-0.4, -0.2) is 28.2 Å². The van der Waals surface area contributed by atoms with E-state index >= 15 is 0 Å². The van der Waals surface area contributed by atoms with Crippen LogP contribution in [0, 0.1) is 0 Å². The number of benzene rings is 1. The van der Waals surface area contributed by atoms with Gasteiger partial charge in [0.2, 0.25) is 0 Å². The van der Waals surface area contributed by atoms with Crippen LogP contribution in [0.1, 0.15) is 24.8 Å². The minimum atomic E-state index is 1.07. The number of H-pyrrole nitrogens is 1. The number of nitrogens with zero attached hydrogens (tertiary/aromatic N) is 2. The van der Waals surface area contributed by atoms with Crippen LogP contribution in [0.25, 0.3) is 11.3 Å². The van der Waals surface area contributed by atoms with Gasteiger partial charge in [-0.25, -0.2) is 0 Å². The van der Waals surface area contributed by atoms with Gasteiger partial charge in [0, 0.05) is 12.7 Å². The summed E-state index contributed by atoms with van der Waals surface area (Å²) in [5.41, 5.74) is 3.71. The zero-order chi connectivity index (χ0) is 12.2. The van der Waals surface area contributed by atoms with Crippen LogP contribution < -0.4 is 0 Å². The maximum atomic E-state index is 4.01. The summed E-state index contributed by atoms with van der Waals surface area (Å²) in [5.74, 6) is 0. The molecule has 1 N–H and O–H groups in total. The molecular weight excluding hydrogens is 222 g/mol. The Morgan fingerprint density at radius 1 is 1.11 bits per heavy atom. The second kappa shape index (κ2) is 5.36. The van der Waals surface area contributed by atoms with Gasteiger partial charge in [-0.05, 0) is 49.2 Å². The van der Waals surface area contributed by atoms with Crippen LogP contribution >= 0.6 is 0 Å². The molecule has 0 unspecified atom stereocenters. The molecule has 3 nitrogen and oxygen atoms in total. The molecule has 1 aromatic heterocycles. The van der Waals surface area contributed by atoms with Crippen molar-refractivity contribution in [3.8, 4) is 11.3 Å². The number of aromatic nitrogens is 2. The maximum Gasteiger partial charge on any atom is 0.0650 e. The third kappa shape index (κ3) is 2.62. The Morgan fingerprint density at radius 3 is 2.78 bits per heavy atom. The summed E-state index contributed by atoms with van der Waals surface area (Å²) in [4.78, 5) is 2.55. The topological polar surface area (TPSA) is 31.9 Å². The molecule has 1 aliphatic rings. The van der Waals surface area contributed by atoms with E-state index < -0.39 is 0 Å². The molecule has 3 rings (SSSR count). The van der Waals surface area contributed by atoms with Crippen molar-refractivity contribution in [1.82, 2.24) is 15.1 Å². The van der Waals surface area contributed by atoms with Gasteiger partial charge in [0.05, 0.1) is 5.69 Å². The van der Waals surface area contributed by atoms with Crippen LogP contribution in [0.2, 0.25) is 0 Å². The van der Waals surface area contributed by atoms with Gasteiger partial charge in [-0.1, -0.05) is 24.6 Å². The Kier molecular flexibility index (Phi) is 3.42. The van der Waals surface area contributed by atoms with Crippen LogP contribution in [0.5, 0.6) is 0 Å². The molecule has 0 aliphatic carbocycles. The fourth-order valence-corrected chi connectivity index (χ4v) is 2.63. The standard InChI is InChI=1S/C15H19N3/c1-2-9-18(10-3-1)12-13-5-4-6-14(11-13)15-7-8-16-17-15/h4-8,11H,1-3,9-10,12H2,(H,16,17). The molecule has 2 heterocycles. The maximum absolute atomic E-state index is 4.01. The predicted molar refractivity (Wildman–Crippen MR) is 73.2 cm³/mol. The lowest BCUT2D eigenvalue weighted by Crippen LogP contribution is -2.29. The van der Waals surface area contributed by atoms with E-state index in [2.05, 4.69) is 39.4 Å². The first-order chi connectivity index (χ1) is 8.92. The van der Waals surface area contributed by atoms with Gasteiger partial charge in [0.15, 0.2) is 0 Å². The zero-order valence-electron chi connectivity index (χ0n) is 10.6. The van der Waals surface area contributed by atoms with Gasteiger partial charge in [-0.15, -0.1) is 0 Å². The van der Waals surface area contributed by atoms with E-state index in [1.165, 1.54) is 43.5 Å². The van der Waals surface area contributed by atoms with E-state index in [0.717, 1.165) is 12.2 Å². The average Bonchev–Trinajstić information content (AvgIpc) is 2.94. The number of piperidine rings is 1. The third-order valence-electron chi connectivity index (χ3n) is 3.59. The van der Waals surface area contributed by atoms with Crippen molar-refractivity contribution in [2.75, 3.05) is 13.1 Å². The van der Waals surface area contributed by atoms with Gasteiger partial charge in [-0.3, -0.25) is 10.00 Å². The first-order valence-corrected chi connectivity index (χ1v) is 6.73. The first-order valence-electron chi connectivity index (χ1n) is 6.73. The largest absolute Gasteiger partial charge is 0.299 e. The molecule has 2 aromatic rings. The molecular formula is C15H19N3. The Bertz CT molecular complexity index is 484. The van der Waals surface area contributed by atoms with Crippen molar-refractivity contribution in [1.29, 1.82) is 0 Å². The highest BCUT2D eigenvalue weighted by molar-refractivity contribution is 5.59. The highest BCUT2D eigenvalue weighted by Gasteiger charge is 2.10. The quantitative estimate of drug-likeness (QED) is 0.895. The van der Waals surface area contributed by atoms with E-state index in [1.807, 2.05) is 6.07 Å². The monoisotopic (exact) mass is 241 g/mol. The third-order valence-corrected chi connectivity index (χ3v) is 3.59. The number of rotatable bonds is 3. The van der Waals surface area contributed by atoms with Crippen molar-refractivity contribution in [3.05, 3.63) is 42.1 Å². The predicted octanol–water partition coefficient (Wildman–Crippen LogP) is 3.06. The van der Waals surface area contributed by atoms with Crippen LogP contribution in [0.4, 0.5) is 0 Å². The molecule has 1 aliphatic heterocycles. The van der Waals surface area contributed by atoms with Crippen molar-refractivity contribution in [2.24, 2.45) is 0 Å². The van der Waals surface area contributed by atoms with Gasteiger partial charge < -0.3 is 0 Å². The van der Waals surface area contributed by atoms with E-state index in [-0.39, 0.29) is 0 Å². The second-order valence-electron chi connectivity index (χ2n) is 5.01. The van der Waals surface area contributed by atoms with Gasteiger partial charge in [0.1, 0.15) is 0 Å². The molecule has 1 saturated heterocycles. The summed E-state index contributed by atoms with van der Waals surface area (Å²) in [7, 11) is 0. The molecule has 1 fully saturated rings. The Labute approximate surface area is 108 Å². The normalized spacial score (nSPS) is 16.9. The summed E-state index contributed by atoms with van der Waals surface area (Å²) < 4.78 is 0. The average molecular weight is 241 g/mol. The molecule has 0 amide bonds. The molecule has 3 heteroatoms. The van der Waals surface area contributed by atoms with E-state index in [4.69, 9.17) is 0 Å². The minimum absolute atomic E-state index is 1.07. The lowest BCUT2D eigenvalue weighted by atomic mass is 10.1. The SMILES string of the molecule is c1cc(CN2CCCCC2)cc(-c2ccn[nH]2)c1. The van der Waals surface area contributed by atoms with E-state index in [1.54, 1.807) is 6.20 Å². The zero-order valence-corrected chi connectivity index (χ0v) is 10.6. The van der Waals surface area contributed by atoms with Crippen LogP contribution in [0.15, 0.2) is 36.5 Å². The van der Waals surface area contributed by atoms with Crippen LogP contribution in [-0.2, 0) is 6.54 Å².